The van der Waals surface area contributed by atoms with Crippen molar-refractivity contribution in [2.24, 2.45) is 0 Å². The Morgan fingerprint density at radius 1 is 0.920 bits per heavy atom. The molecule has 0 aliphatic carbocycles. The van der Waals surface area contributed by atoms with Crippen LogP contribution in [-0.4, -0.2) is 43.8 Å². The van der Waals surface area contributed by atoms with Gasteiger partial charge in [0, 0.05) is 32.2 Å². The molecule has 0 bridgehead atoms. The Hall–Kier alpha value is -2.45. The third kappa shape index (κ3) is 3.97. The average molecular weight is 361 g/mol. The molecular weight excluding hydrogens is 342 g/mol. The van der Waals surface area contributed by atoms with Crippen molar-refractivity contribution in [2.75, 3.05) is 31.1 Å². The second-order valence-corrected chi connectivity index (χ2v) is 7.84. The Balaban J connectivity index is 1.69. The van der Waals surface area contributed by atoms with Crippen LogP contribution in [0.1, 0.15) is 5.56 Å². The molecule has 1 aliphatic rings. The Morgan fingerprint density at radius 3 is 2.16 bits per heavy atom. The maximum Gasteiger partial charge on any atom is 0.292 e. The van der Waals surface area contributed by atoms with Crippen molar-refractivity contribution >= 4 is 21.4 Å². The van der Waals surface area contributed by atoms with Gasteiger partial charge in [-0.1, -0.05) is 42.5 Å². The first kappa shape index (κ1) is 17.4. The van der Waals surface area contributed by atoms with Gasteiger partial charge in [0.05, 0.1) is 10.7 Å². The fourth-order valence-corrected chi connectivity index (χ4v) is 4.49. The minimum atomic E-state index is -3.40. The summed E-state index contributed by atoms with van der Waals surface area (Å²) < 4.78 is 26.6. The third-order valence-electron chi connectivity index (χ3n) is 4.24. The van der Waals surface area contributed by atoms with Gasteiger partial charge in [-0.2, -0.15) is 4.31 Å². The summed E-state index contributed by atoms with van der Waals surface area (Å²) in [6.07, 6.45) is 0. The summed E-state index contributed by atoms with van der Waals surface area (Å²) in [5, 5.41) is 11.2. The van der Waals surface area contributed by atoms with E-state index in [2.05, 4.69) is 0 Å². The standard InChI is InChI=1S/C17H19N3O4S/c21-20(22)17-9-5-4-8-16(17)18-10-12-19(13-11-18)25(23,24)14-15-6-2-1-3-7-15/h1-9H,10-14H2. The van der Waals surface area contributed by atoms with Gasteiger partial charge in [0.2, 0.25) is 10.0 Å². The number of para-hydroxylation sites is 2. The van der Waals surface area contributed by atoms with Crippen LogP contribution in [0.25, 0.3) is 0 Å². The van der Waals surface area contributed by atoms with E-state index in [1.165, 1.54) is 10.4 Å². The fourth-order valence-electron chi connectivity index (χ4n) is 2.97. The summed E-state index contributed by atoms with van der Waals surface area (Å²) in [5.74, 6) is -0.0284. The van der Waals surface area contributed by atoms with Gasteiger partial charge in [0.1, 0.15) is 5.69 Å². The van der Waals surface area contributed by atoms with Crippen LogP contribution < -0.4 is 4.90 Å². The highest BCUT2D eigenvalue weighted by Crippen LogP contribution is 2.28. The summed E-state index contributed by atoms with van der Waals surface area (Å²) in [6.45, 7) is 1.50. The number of nitrogens with zero attached hydrogens (tertiary/aromatic N) is 3. The molecule has 0 aromatic heterocycles. The maximum absolute atomic E-state index is 12.6. The van der Waals surface area contributed by atoms with Crippen LogP contribution in [0.15, 0.2) is 54.6 Å². The summed E-state index contributed by atoms with van der Waals surface area (Å²) in [6, 6.07) is 15.6. The summed E-state index contributed by atoms with van der Waals surface area (Å²) in [7, 11) is -3.40. The van der Waals surface area contributed by atoms with Gasteiger partial charge in [-0.15, -0.1) is 0 Å². The number of nitro benzene ring substituents is 1. The van der Waals surface area contributed by atoms with Crippen LogP contribution in [0, 0.1) is 10.1 Å². The number of benzene rings is 2. The number of nitro groups is 1. The number of sulfonamides is 1. The zero-order valence-electron chi connectivity index (χ0n) is 13.6. The van der Waals surface area contributed by atoms with E-state index in [9.17, 15) is 18.5 Å². The lowest BCUT2D eigenvalue weighted by atomic mass is 10.2. The van der Waals surface area contributed by atoms with Crippen LogP contribution in [0.2, 0.25) is 0 Å². The first-order chi connectivity index (χ1) is 12.0. The summed E-state index contributed by atoms with van der Waals surface area (Å²) >= 11 is 0. The number of piperazine rings is 1. The van der Waals surface area contributed by atoms with Crippen LogP contribution >= 0.6 is 0 Å². The highest BCUT2D eigenvalue weighted by Gasteiger charge is 2.29. The minimum Gasteiger partial charge on any atom is -0.363 e. The Morgan fingerprint density at radius 2 is 1.52 bits per heavy atom. The van der Waals surface area contributed by atoms with Crippen molar-refractivity contribution in [3.63, 3.8) is 0 Å². The molecule has 0 radical (unpaired) electrons. The van der Waals surface area contributed by atoms with Gasteiger partial charge in [0.25, 0.3) is 5.69 Å². The van der Waals surface area contributed by atoms with E-state index >= 15 is 0 Å². The van der Waals surface area contributed by atoms with Crippen molar-refractivity contribution in [1.29, 1.82) is 0 Å². The zero-order valence-corrected chi connectivity index (χ0v) is 14.4. The van der Waals surface area contributed by atoms with Crippen molar-refractivity contribution in [3.8, 4) is 0 Å². The lowest BCUT2D eigenvalue weighted by molar-refractivity contribution is -0.384. The third-order valence-corrected chi connectivity index (χ3v) is 6.09. The molecule has 1 saturated heterocycles. The van der Waals surface area contributed by atoms with E-state index < -0.39 is 14.9 Å². The molecule has 0 N–H and O–H groups in total. The second kappa shape index (κ2) is 7.20. The molecule has 0 unspecified atom stereocenters. The van der Waals surface area contributed by atoms with Crippen molar-refractivity contribution in [1.82, 2.24) is 4.31 Å². The Labute approximate surface area is 146 Å². The van der Waals surface area contributed by atoms with E-state index in [0.717, 1.165) is 5.56 Å². The molecule has 1 fully saturated rings. The van der Waals surface area contributed by atoms with Crippen LogP contribution in [0.3, 0.4) is 0 Å². The molecule has 2 aromatic carbocycles. The van der Waals surface area contributed by atoms with Gasteiger partial charge in [-0.3, -0.25) is 10.1 Å². The summed E-state index contributed by atoms with van der Waals surface area (Å²) in [5.41, 5.74) is 1.33. The average Bonchev–Trinajstić information content (AvgIpc) is 2.62. The molecule has 0 spiro atoms. The normalized spacial score (nSPS) is 15.9. The lowest BCUT2D eigenvalue weighted by Crippen LogP contribution is -2.49. The molecule has 2 aromatic rings. The quantitative estimate of drug-likeness (QED) is 0.602. The van der Waals surface area contributed by atoms with E-state index in [4.69, 9.17) is 0 Å². The van der Waals surface area contributed by atoms with E-state index in [1.807, 2.05) is 23.1 Å². The fraction of sp³-hybridized carbons (Fsp3) is 0.294. The van der Waals surface area contributed by atoms with Gasteiger partial charge >= 0.3 is 0 Å². The van der Waals surface area contributed by atoms with Gasteiger partial charge in [-0.25, -0.2) is 8.42 Å². The molecule has 8 heteroatoms. The van der Waals surface area contributed by atoms with E-state index in [1.54, 1.807) is 30.3 Å². The number of hydrogen-bond donors (Lipinski definition) is 0. The number of hydrogen-bond acceptors (Lipinski definition) is 5. The predicted octanol–water partition coefficient (Wildman–Crippen LogP) is 2.25. The van der Waals surface area contributed by atoms with Gasteiger partial charge in [-0.05, 0) is 11.6 Å². The zero-order chi connectivity index (χ0) is 17.9. The predicted molar refractivity (Wildman–Crippen MR) is 95.9 cm³/mol. The topological polar surface area (TPSA) is 83.8 Å². The van der Waals surface area contributed by atoms with Gasteiger partial charge < -0.3 is 4.90 Å². The molecule has 25 heavy (non-hydrogen) atoms. The smallest absolute Gasteiger partial charge is 0.292 e. The first-order valence-electron chi connectivity index (χ1n) is 7.97. The summed E-state index contributed by atoms with van der Waals surface area (Å²) in [4.78, 5) is 12.6. The first-order valence-corrected chi connectivity index (χ1v) is 9.58. The number of anilines is 1. The monoisotopic (exact) mass is 361 g/mol. The highest BCUT2D eigenvalue weighted by atomic mass is 32.2. The maximum atomic E-state index is 12.6. The molecule has 132 valence electrons. The van der Waals surface area contributed by atoms with Crippen LogP contribution in [0.4, 0.5) is 11.4 Å². The van der Waals surface area contributed by atoms with E-state index in [0.29, 0.717) is 31.9 Å². The molecule has 1 heterocycles. The minimum absolute atomic E-state index is 0.0284. The van der Waals surface area contributed by atoms with Crippen molar-refractivity contribution in [2.45, 2.75) is 5.75 Å². The van der Waals surface area contributed by atoms with E-state index in [-0.39, 0.29) is 11.4 Å². The Kier molecular flexibility index (Phi) is 5.00. The van der Waals surface area contributed by atoms with Crippen molar-refractivity contribution < 1.29 is 13.3 Å². The molecule has 0 saturated carbocycles. The molecule has 7 nitrogen and oxygen atoms in total. The molecule has 0 amide bonds. The molecule has 0 atom stereocenters. The SMILES string of the molecule is O=[N+]([O-])c1ccccc1N1CCN(S(=O)(=O)Cc2ccccc2)CC1. The second-order valence-electron chi connectivity index (χ2n) is 5.87. The largest absolute Gasteiger partial charge is 0.363 e. The van der Waals surface area contributed by atoms with Crippen LogP contribution in [0.5, 0.6) is 0 Å². The molecule has 3 rings (SSSR count). The van der Waals surface area contributed by atoms with Crippen molar-refractivity contribution in [3.05, 3.63) is 70.3 Å². The highest BCUT2D eigenvalue weighted by molar-refractivity contribution is 7.88. The van der Waals surface area contributed by atoms with Crippen LogP contribution in [-0.2, 0) is 15.8 Å². The molecular formula is C17H19N3O4S. The Bertz CT molecular complexity index is 847. The number of rotatable bonds is 5. The van der Waals surface area contributed by atoms with Gasteiger partial charge in [0.15, 0.2) is 0 Å². The molecule has 1 aliphatic heterocycles. The lowest BCUT2D eigenvalue weighted by Gasteiger charge is -2.35.